The molecule has 5 nitrogen and oxygen atoms in total. The summed E-state index contributed by atoms with van der Waals surface area (Å²) in [5.41, 5.74) is 7.32. The van der Waals surface area contributed by atoms with Crippen molar-refractivity contribution in [2.24, 2.45) is 0 Å². The first-order valence-electron chi connectivity index (χ1n) is 9.75. The lowest BCUT2D eigenvalue weighted by molar-refractivity contribution is 0.456. The first-order valence-corrected chi connectivity index (χ1v) is 10.9. The Bertz CT molecular complexity index is 1390. The molecule has 31 heavy (non-hydrogen) atoms. The number of nitrogens with zero attached hydrogens (tertiary/aromatic N) is 3. The molecular formula is C22H16ClF2N5S. The predicted octanol–water partition coefficient (Wildman–Crippen LogP) is 5.36. The van der Waals surface area contributed by atoms with Gasteiger partial charge >= 0.3 is 0 Å². The zero-order valence-corrected chi connectivity index (χ0v) is 17.7. The van der Waals surface area contributed by atoms with Crippen LogP contribution < -0.4 is 11.1 Å². The molecule has 0 bridgehead atoms. The Morgan fingerprint density at radius 3 is 2.87 bits per heavy atom. The van der Waals surface area contributed by atoms with Crippen LogP contribution >= 0.6 is 22.9 Å². The molecule has 1 fully saturated rings. The van der Waals surface area contributed by atoms with E-state index in [1.807, 2.05) is 6.07 Å². The number of nitrogen functional groups attached to an aromatic ring is 1. The van der Waals surface area contributed by atoms with Crippen molar-refractivity contribution in [1.82, 2.24) is 15.3 Å². The third-order valence-electron chi connectivity index (χ3n) is 5.73. The molecule has 1 aliphatic rings. The molecule has 1 atom stereocenters. The van der Waals surface area contributed by atoms with E-state index in [0.29, 0.717) is 10.9 Å². The topological polar surface area (TPSA) is 87.6 Å². The quantitative estimate of drug-likeness (QED) is 0.424. The molecule has 5 rings (SSSR count). The van der Waals surface area contributed by atoms with Gasteiger partial charge in [-0.05, 0) is 37.1 Å². The number of rotatable bonds is 2. The second-order valence-electron chi connectivity index (χ2n) is 7.50. The van der Waals surface area contributed by atoms with Crippen LogP contribution in [0.1, 0.15) is 30.0 Å². The lowest BCUT2D eigenvalue weighted by Crippen LogP contribution is -2.29. The van der Waals surface area contributed by atoms with Crippen molar-refractivity contribution >= 4 is 48.9 Å². The number of halogens is 3. The highest BCUT2D eigenvalue weighted by Gasteiger charge is 2.26. The van der Waals surface area contributed by atoms with E-state index in [2.05, 4.69) is 15.3 Å². The van der Waals surface area contributed by atoms with E-state index in [1.165, 1.54) is 18.5 Å². The van der Waals surface area contributed by atoms with E-state index in [1.54, 1.807) is 6.07 Å². The van der Waals surface area contributed by atoms with Crippen LogP contribution in [0.4, 0.5) is 13.8 Å². The molecular weight excluding hydrogens is 440 g/mol. The van der Waals surface area contributed by atoms with Crippen molar-refractivity contribution < 1.29 is 8.78 Å². The summed E-state index contributed by atoms with van der Waals surface area (Å²) in [5.74, 6) is -1.01. The first kappa shape index (κ1) is 20.1. The van der Waals surface area contributed by atoms with Crippen LogP contribution in [0.3, 0.4) is 0 Å². The van der Waals surface area contributed by atoms with Gasteiger partial charge in [-0.15, -0.1) is 11.3 Å². The SMILES string of the molecule is N#Cc1c(N)sc2c(F)ccc(-c3c(Cl)cc4c([C@@H]5CCCNC5)ncnc4c3F)c12. The zero-order valence-electron chi connectivity index (χ0n) is 16.2. The van der Waals surface area contributed by atoms with Crippen LogP contribution in [-0.4, -0.2) is 23.1 Å². The number of hydrogen-bond acceptors (Lipinski definition) is 6. The zero-order chi connectivity index (χ0) is 21.7. The van der Waals surface area contributed by atoms with Crippen molar-refractivity contribution in [2.45, 2.75) is 18.8 Å². The third-order valence-corrected chi connectivity index (χ3v) is 7.06. The van der Waals surface area contributed by atoms with Gasteiger partial charge in [0.1, 0.15) is 28.7 Å². The fourth-order valence-corrected chi connectivity index (χ4v) is 5.56. The van der Waals surface area contributed by atoms with Gasteiger partial charge in [-0.3, -0.25) is 0 Å². The second kappa shape index (κ2) is 7.68. The molecule has 2 aromatic heterocycles. The van der Waals surface area contributed by atoms with Gasteiger partial charge in [-0.1, -0.05) is 17.7 Å². The average Bonchev–Trinajstić information content (AvgIpc) is 3.12. The number of nitriles is 1. The number of anilines is 1. The maximum Gasteiger partial charge on any atom is 0.158 e. The molecule has 0 spiro atoms. The predicted molar refractivity (Wildman–Crippen MR) is 119 cm³/mol. The maximum atomic E-state index is 15.8. The van der Waals surface area contributed by atoms with Crippen LogP contribution in [0.15, 0.2) is 24.5 Å². The van der Waals surface area contributed by atoms with E-state index in [-0.39, 0.29) is 42.7 Å². The minimum absolute atomic E-state index is 0.0693. The van der Waals surface area contributed by atoms with E-state index >= 15 is 4.39 Å². The summed E-state index contributed by atoms with van der Waals surface area (Å²) >= 11 is 7.54. The normalized spacial score (nSPS) is 16.6. The Morgan fingerprint density at radius 2 is 2.13 bits per heavy atom. The molecule has 2 aromatic carbocycles. The van der Waals surface area contributed by atoms with Crippen molar-refractivity contribution in [3.63, 3.8) is 0 Å². The highest BCUT2D eigenvalue weighted by molar-refractivity contribution is 7.23. The van der Waals surface area contributed by atoms with Crippen molar-refractivity contribution in [3.05, 3.63) is 52.4 Å². The van der Waals surface area contributed by atoms with Crippen molar-refractivity contribution in [1.29, 1.82) is 5.26 Å². The van der Waals surface area contributed by atoms with Crippen molar-refractivity contribution in [3.8, 4) is 17.2 Å². The van der Waals surface area contributed by atoms with Gasteiger partial charge in [0.25, 0.3) is 0 Å². The van der Waals surface area contributed by atoms with Gasteiger partial charge in [0, 0.05) is 28.8 Å². The first-order chi connectivity index (χ1) is 15.0. The monoisotopic (exact) mass is 455 g/mol. The number of hydrogen-bond donors (Lipinski definition) is 2. The molecule has 0 saturated carbocycles. The average molecular weight is 456 g/mol. The van der Waals surface area contributed by atoms with Gasteiger partial charge in [0.2, 0.25) is 0 Å². The van der Waals surface area contributed by atoms with E-state index in [0.717, 1.165) is 43.0 Å². The number of fused-ring (bicyclic) bond motifs is 2. The molecule has 156 valence electrons. The third kappa shape index (κ3) is 3.12. The molecule has 0 radical (unpaired) electrons. The second-order valence-corrected chi connectivity index (χ2v) is 8.96. The number of nitrogens with two attached hydrogens (primary N) is 1. The number of piperidine rings is 1. The Hall–Kier alpha value is -2.86. The fourth-order valence-electron chi connectivity index (χ4n) is 4.31. The lowest BCUT2D eigenvalue weighted by atomic mass is 9.91. The molecule has 1 aliphatic heterocycles. The van der Waals surface area contributed by atoms with Gasteiger partial charge in [-0.2, -0.15) is 5.26 Å². The molecule has 0 aliphatic carbocycles. The van der Waals surface area contributed by atoms with E-state index < -0.39 is 11.6 Å². The largest absolute Gasteiger partial charge is 0.389 e. The molecule has 0 unspecified atom stereocenters. The van der Waals surface area contributed by atoms with E-state index in [4.69, 9.17) is 17.3 Å². The van der Waals surface area contributed by atoms with Gasteiger partial charge in [0.05, 0.1) is 21.0 Å². The molecule has 3 N–H and O–H groups in total. The van der Waals surface area contributed by atoms with Crippen molar-refractivity contribution in [2.75, 3.05) is 18.8 Å². The lowest BCUT2D eigenvalue weighted by Gasteiger charge is -2.23. The summed E-state index contributed by atoms with van der Waals surface area (Å²) in [6, 6.07) is 6.32. The van der Waals surface area contributed by atoms with Gasteiger partial charge in [0.15, 0.2) is 5.82 Å². The summed E-state index contributed by atoms with van der Waals surface area (Å²) in [6.07, 6.45) is 3.31. The Labute approximate surface area is 185 Å². The minimum atomic E-state index is -0.628. The van der Waals surface area contributed by atoms with Gasteiger partial charge in [-0.25, -0.2) is 18.7 Å². The molecule has 9 heteroatoms. The molecule has 0 amide bonds. The van der Waals surface area contributed by atoms with Crippen LogP contribution in [0.2, 0.25) is 5.02 Å². The Balaban J connectivity index is 1.80. The summed E-state index contributed by atoms with van der Waals surface area (Å²) in [7, 11) is 0. The number of aromatic nitrogens is 2. The number of thiophene rings is 1. The highest BCUT2D eigenvalue weighted by atomic mass is 35.5. The highest BCUT2D eigenvalue weighted by Crippen LogP contribution is 2.45. The Morgan fingerprint density at radius 1 is 1.29 bits per heavy atom. The van der Waals surface area contributed by atoms with Crippen LogP contribution in [0.5, 0.6) is 0 Å². The summed E-state index contributed by atoms with van der Waals surface area (Å²) in [6.45, 7) is 1.70. The minimum Gasteiger partial charge on any atom is -0.389 e. The summed E-state index contributed by atoms with van der Waals surface area (Å²) in [4.78, 5) is 8.61. The molecule has 3 heterocycles. The molecule has 1 saturated heterocycles. The summed E-state index contributed by atoms with van der Waals surface area (Å²) in [5, 5.41) is 14.0. The van der Waals surface area contributed by atoms with Gasteiger partial charge < -0.3 is 11.1 Å². The molecule has 4 aromatic rings. The smallest absolute Gasteiger partial charge is 0.158 e. The maximum absolute atomic E-state index is 15.8. The number of benzene rings is 2. The standard InChI is InChI=1S/C22H16ClF2N5S/c23-14-6-12-19(10-2-1-5-28-8-10)29-9-30-20(12)18(25)17(14)11-3-4-15(24)21-16(11)13(7-26)22(27)31-21/h3-4,6,9-10,28H,1-2,5,8,27H2/t10-/m1/s1. The van der Waals surface area contributed by atoms with Crippen LogP contribution in [-0.2, 0) is 0 Å². The van der Waals surface area contributed by atoms with E-state index in [9.17, 15) is 9.65 Å². The van der Waals surface area contributed by atoms with Crippen LogP contribution in [0, 0.1) is 23.0 Å². The number of nitrogens with one attached hydrogen (secondary N) is 1. The summed E-state index contributed by atoms with van der Waals surface area (Å²) < 4.78 is 30.4. The van der Waals surface area contributed by atoms with Crippen LogP contribution in [0.25, 0.3) is 32.1 Å². The Kier molecular flexibility index (Phi) is 4.97. The fraction of sp³-hybridized carbons (Fsp3) is 0.227.